The average molecular weight is 688 g/mol. The normalized spacial score (nSPS) is 9.54. The molecule has 4 aromatic rings. The third kappa shape index (κ3) is 15.4. The molecule has 4 rings (SSSR count). The molecule has 0 unspecified atom stereocenters. The van der Waals surface area contributed by atoms with Gasteiger partial charge in [0.05, 0.1) is 11.4 Å². The van der Waals surface area contributed by atoms with Gasteiger partial charge in [0.1, 0.15) is 0 Å². The standard InChI is InChI=1S/C28H30N4.2CHNSe.Fe/c1-3-11-25(12-4-1)21-31(23-27-15-7-9-17-29-27)19-20-32(22-26-13-5-2-6-14-26)24-28-16-8-10-18-30-28;2*2-1-3;/h1-18H,19-24H2;2*3H;/q;;;+4/p-2. The third-order valence-electron chi connectivity index (χ3n) is 5.45. The minimum Gasteiger partial charge on any atom is -0.292 e. The molecule has 39 heavy (non-hydrogen) atoms. The average Bonchev–Trinajstić information content (AvgIpc) is 2.95. The second kappa shape index (κ2) is 22.1. The summed E-state index contributed by atoms with van der Waals surface area (Å²) in [7, 11) is 0. The molecule has 0 atom stereocenters. The maximum absolute atomic E-state index is 7.26. The molecule has 0 aliphatic rings. The molecule has 0 N–H and O–H groups in total. The van der Waals surface area contributed by atoms with E-state index >= 15 is 0 Å². The van der Waals surface area contributed by atoms with Crippen LogP contribution in [0.4, 0.5) is 0 Å². The Balaban J connectivity index is 0.000000997. The van der Waals surface area contributed by atoms with Crippen LogP contribution in [0.1, 0.15) is 22.5 Å². The first-order valence-corrected chi connectivity index (χ1v) is 13.7. The van der Waals surface area contributed by atoms with Crippen LogP contribution in [0.2, 0.25) is 0 Å². The van der Waals surface area contributed by atoms with E-state index in [1.807, 2.05) is 24.5 Å². The van der Waals surface area contributed by atoms with Gasteiger partial charge in [-0.15, -0.1) is 0 Å². The SMILES string of the molecule is N#C[Se-].N#C[Se-].[Fe+4].c1ccc(CN(CCN(Cc2ccccc2)Cc2ccccn2)Cc2ccccn2)cc1. The molecule has 0 saturated heterocycles. The van der Waals surface area contributed by atoms with Gasteiger partial charge in [-0.05, 0) is 35.4 Å². The minimum absolute atomic E-state index is 0. The van der Waals surface area contributed by atoms with Crippen LogP contribution in [0.15, 0.2) is 109 Å². The fraction of sp³-hybridized carbons (Fsp3) is 0.200. The van der Waals surface area contributed by atoms with Crippen LogP contribution in [-0.2, 0) is 43.2 Å². The fourth-order valence-corrected chi connectivity index (χ4v) is 3.84. The van der Waals surface area contributed by atoms with E-state index in [9.17, 15) is 0 Å². The largest absolute Gasteiger partial charge is 4.00 e. The Kier molecular flexibility index (Phi) is 19.4. The van der Waals surface area contributed by atoms with E-state index in [2.05, 4.69) is 137 Å². The van der Waals surface area contributed by atoms with Crippen molar-refractivity contribution in [3.8, 4) is 9.94 Å². The molecule has 0 radical (unpaired) electrons. The van der Waals surface area contributed by atoms with E-state index in [1.54, 1.807) is 9.94 Å². The second-order valence-electron chi connectivity index (χ2n) is 8.22. The number of pyridine rings is 2. The van der Waals surface area contributed by atoms with Crippen LogP contribution in [0, 0.1) is 20.5 Å². The third-order valence-corrected chi connectivity index (χ3v) is 5.45. The van der Waals surface area contributed by atoms with Crippen LogP contribution in [0.5, 0.6) is 0 Å². The number of aromatic nitrogens is 2. The molecule has 2 heterocycles. The van der Waals surface area contributed by atoms with Gasteiger partial charge in [0.15, 0.2) is 0 Å². The molecule has 0 spiro atoms. The molecule has 2 aromatic heterocycles. The molecular weight excluding hydrogens is 658 g/mol. The molecule has 0 aliphatic carbocycles. The number of hydrogen-bond acceptors (Lipinski definition) is 6. The predicted octanol–water partition coefficient (Wildman–Crippen LogP) is 4.45. The first-order chi connectivity index (χ1) is 18.7. The molecular formula is C30H30FeN6Se2+2. The van der Waals surface area contributed by atoms with Crippen molar-refractivity contribution >= 4 is 32.0 Å². The van der Waals surface area contributed by atoms with E-state index < -0.39 is 0 Å². The first kappa shape index (κ1) is 34.2. The van der Waals surface area contributed by atoms with Crippen molar-refractivity contribution in [2.45, 2.75) is 26.2 Å². The van der Waals surface area contributed by atoms with Gasteiger partial charge < -0.3 is 0 Å². The topological polar surface area (TPSA) is 79.8 Å². The number of nitrogens with zero attached hydrogens (tertiary/aromatic N) is 6. The van der Waals surface area contributed by atoms with E-state index in [4.69, 9.17) is 10.5 Å². The number of nitriles is 2. The Morgan fingerprint density at radius 3 is 1.18 bits per heavy atom. The summed E-state index contributed by atoms with van der Waals surface area (Å²) in [6.07, 6.45) is 3.75. The minimum atomic E-state index is 0. The van der Waals surface area contributed by atoms with Crippen molar-refractivity contribution in [2.24, 2.45) is 0 Å². The monoisotopic (exact) mass is 690 g/mol. The molecule has 0 saturated carbocycles. The van der Waals surface area contributed by atoms with Gasteiger partial charge in [-0.25, -0.2) is 0 Å². The molecule has 0 fully saturated rings. The Hall–Kier alpha value is -2.80. The van der Waals surface area contributed by atoms with Crippen LogP contribution in [0.3, 0.4) is 0 Å². The van der Waals surface area contributed by atoms with Crippen molar-refractivity contribution in [3.05, 3.63) is 132 Å². The molecule has 0 amide bonds. The summed E-state index contributed by atoms with van der Waals surface area (Å²) in [5.74, 6) is 0. The summed E-state index contributed by atoms with van der Waals surface area (Å²) >= 11 is 4.22. The second-order valence-corrected chi connectivity index (χ2v) is 8.98. The van der Waals surface area contributed by atoms with Gasteiger partial charge in [0.25, 0.3) is 0 Å². The molecule has 198 valence electrons. The maximum Gasteiger partial charge on any atom is 4.00 e. The molecule has 0 aliphatic heterocycles. The van der Waals surface area contributed by atoms with Crippen molar-refractivity contribution in [1.82, 2.24) is 19.8 Å². The molecule has 0 bridgehead atoms. The van der Waals surface area contributed by atoms with Crippen molar-refractivity contribution in [3.63, 3.8) is 0 Å². The maximum atomic E-state index is 7.26. The van der Waals surface area contributed by atoms with Crippen LogP contribution >= 0.6 is 0 Å². The van der Waals surface area contributed by atoms with Gasteiger partial charge in [0.2, 0.25) is 0 Å². The fourth-order valence-electron chi connectivity index (χ4n) is 3.84. The smallest absolute Gasteiger partial charge is 0.292 e. The molecule has 9 heteroatoms. The van der Waals surface area contributed by atoms with Crippen LogP contribution < -0.4 is 0 Å². The van der Waals surface area contributed by atoms with Gasteiger partial charge in [-0.2, -0.15) is 0 Å². The van der Waals surface area contributed by atoms with E-state index in [-0.39, 0.29) is 17.1 Å². The zero-order valence-corrected chi connectivity index (χ0v) is 26.0. The van der Waals surface area contributed by atoms with E-state index in [0.29, 0.717) is 0 Å². The Bertz CT molecular complexity index is 1040. The Morgan fingerprint density at radius 1 is 0.538 bits per heavy atom. The summed E-state index contributed by atoms with van der Waals surface area (Å²) in [5.41, 5.74) is 4.84. The van der Waals surface area contributed by atoms with E-state index in [1.165, 1.54) is 11.1 Å². The Morgan fingerprint density at radius 2 is 0.872 bits per heavy atom. The van der Waals surface area contributed by atoms with Gasteiger partial charge in [-0.1, -0.05) is 72.8 Å². The molecule has 6 nitrogen and oxygen atoms in total. The number of benzene rings is 2. The van der Waals surface area contributed by atoms with Crippen molar-refractivity contribution < 1.29 is 17.1 Å². The summed E-state index contributed by atoms with van der Waals surface area (Å²) in [6, 6.07) is 33.6. The van der Waals surface area contributed by atoms with Crippen LogP contribution in [0.25, 0.3) is 0 Å². The zero-order valence-electron chi connectivity index (χ0n) is 21.5. The number of hydrogen-bond donors (Lipinski definition) is 0. The first-order valence-electron chi connectivity index (χ1n) is 12.0. The van der Waals surface area contributed by atoms with Gasteiger partial charge in [0, 0.05) is 51.7 Å². The van der Waals surface area contributed by atoms with Gasteiger partial charge >= 0.3 is 69.6 Å². The zero-order chi connectivity index (χ0) is 27.3. The molecule has 2 aromatic carbocycles. The van der Waals surface area contributed by atoms with Crippen molar-refractivity contribution in [1.29, 1.82) is 10.5 Å². The van der Waals surface area contributed by atoms with Crippen LogP contribution in [-0.4, -0.2) is 64.9 Å². The summed E-state index contributed by atoms with van der Waals surface area (Å²) in [6.45, 7) is 5.37. The van der Waals surface area contributed by atoms with Crippen molar-refractivity contribution in [2.75, 3.05) is 13.1 Å². The summed E-state index contributed by atoms with van der Waals surface area (Å²) < 4.78 is 0. The quantitative estimate of drug-likeness (QED) is 0.217. The predicted molar refractivity (Wildman–Crippen MR) is 152 cm³/mol. The summed E-state index contributed by atoms with van der Waals surface area (Å²) in [5, 5.41) is 14.5. The Labute approximate surface area is 259 Å². The van der Waals surface area contributed by atoms with E-state index in [0.717, 1.165) is 50.7 Å². The number of rotatable bonds is 11. The summed E-state index contributed by atoms with van der Waals surface area (Å²) in [4.78, 5) is 17.3. The van der Waals surface area contributed by atoms with Gasteiger partial charge in [-0.3, -0.25) is 19.8 Å².